The van der Waals surface area contributed by atoms with E-state index < -0.39 is 29.1 Å². The van der Waals surface area contributed by atoms with Crippen LogP contribution in [0.1, 0.15) is 45.7 Å². The lowest BCUT2D eigenvalue weighted by molar-refractivity contribution is -0.160. The molecule has 28 heavy (non-hydrogen) atoms. The average molecular weight is 409 g/mol. The van der Waals surface area contributed by atoms with E-state index >= 15 is 0 Å². The van der Waals surface area contributed by atoms with E-state index in [4.69, 9.17) is 14.2 Å². The van der Waals surface area contributed by atoms with Gasteiger partial charge in [-0.15, -0.1) is 17.9 Å². The zero-order valence-corrected chi connectivity index (χ0v) is 17.5. The van der Waals surface area contributed by atoms with E-state index in [0.29, 0.717) is 31.4 Å². The number of nitrogens with zero attached hydrogens (tertiary/aromatic N) is 1. The Hall–Kier alpha value is -1.93. The zero-order chi connectivity index (χ0) is 20.4. The Morgan fingerprint density at radius 2 is 2.25 bits per heavy atom. The fourth-order valence-electron chi connectivity index (χ4n) is 3.60. The zero-order valence-electron chi connectivity index (χ0n) is 16.7. The van der Waals surface area contributed by atoms with Crippen LogP contribution < -0.4 is 5.32 Å². The number of cyclic esters (lactones) is 2. The van der Waals surface area contributed by atoms with Gasteiger partial charge >= 0.3 is 11.9 Å². The largest absolute Gasteiger partial charge is 0.459 e. The van der Waals surface area contributed by atoms with Crippen LogP contribution in [0.5, 0.6) is 0 Å². The highest BCUT2D eigenvalue weighted by Gasteiger charge is 2.65. The highest BCUT2D eigenvalue weighted by molar-refractivity contribution is 7.13. The van der Waals surface area contributed by atoms with Gasteiger partial charge in [0, 0.05) is 31.4 Å². The number of ether oxygens (including phenoxy) is 3. The summed E-state index contributed by atoms with van der Waals surface area (Å²) in [5.74, 6) is -0.496. The van der Waals surface area contributed by atoms with Crippen LogP contribution in [-0.4, -0.2) is 42.8 Å². The van der Waals surface area contributed by atoms with Gasteiger partial charge in [-0.2, -0.15) is 0 Å². The van der Waals surface area contributed by atoms with Crippen molar-refractivity contribution in [3.8, 4) is 0 Å². The van der Waals surface area contributed by atoms with Crippen molar-refractivity contribution in [1.82, 2.24) is 4.98 Å². The van der Waals surface area contributed by atoms with Crippen molar-refractivity contribution < 1.29 is 23.8 Å². The second kappa shape index (κ2) is 8.21. The molecule has 0 aromatic carbocycles. The van der Waals surface area contributed by atoms with Gasteiger partial charge in [-0.1, -0.05) is 19.9 Å². The Morgan fingerprint density at radius 3 is 2.96 bits per heavy atom. The van der Waals surface area contributed by atoms with Crippen LogP contribution in [0.4, 0.5) is 5.13 Å². The molecule has 1 aromatic heterocycles. The van der Waals surface area contributed by atoms with Gasteiger partial charge in [0.05, 0.1) is 12.3 Å². The Labute approximate surface area is 169 Å². The molecule has 8 heteroatoms. The smallest absolute Gasteiger partial charge is 0.324 e. The van der Waals surface area contributed by atoms with Crippen LogP contribution in [0.2, 0.25) is 0 Å². The maximum Gasteiger partial charge on any atom is 0.324 e. The van der Waals surface area contributed by atoms with Crippen molar-refractivity contribution >= 4 is 28.4 Å². The van der Waals surface area contributed by atoms with Crippen LogP contribution in [0.15, 0.2) is 18.0 Å². The minimum absolute atomic E-state index is 0.227. The molecule has 154 valence electrons. The summed E-state index contributed by atoms with van der Waals surface area (Å²) in [6.45, 7) is 11.2. The predicted molar refractivity (Wildman–Crippen MR) is 106 cm³/mol. The summed E-state index contributed by atoms with van der Waals surface area (Å²) >= 11 is 1.43. The molecule has 3 rings (SSSR count). The monoisotopic (exact) mass is 408 g/mol. The summed E-state index contributed by atoms with van der Waals surface area (Å²) < 4.78 is 16.8. The molecule has 1 spiro atoms. The minimum Gasteiger partial charge on any atom is -0.459 e. The molecule has 0 aliphatic carbocycles. The first kappa shape index (κ1) is 20.8. The molecular weight excluding hydrogens is 380 g/mol. The van der Waals surface area contributed by atoms with Crippen molar-refractivity contribution in [2.75, 3.05) is 25.1 Å². The van der Waals surface area contributed by atoms with Crippen molar-refractivity contribution in [1.29, 1.82) is 0 Å². The summed E-state index contributed by atoms with van der Waals surface area (Å²) in [4.78, 5) is 29.8. The van der Waals surface area contributed by atoms with Gasteiger partial charge in [0.15, 0.2) is 16.1 Å². The van der Waals surface area contributed by atoms with Crippen molar-refractivity contribution in [2.24, 2.45) is 11.3 Å². The van der Waals surface area contributed by atoms with Gasteiger partial charge in [0.2, 0.25) is 0 Å². The molecular formula is C20H28N2O5S. The number of esters is 2. The standard InChI is InChI=1S/C20H28N2O5S/c1-5-7-21-18-22-15(11-28-18)19(4)12-20(17(24)27-19)9-14(26-16(20)23)10-25-8-6-13(2)3/h5,11,13-14H,1,6-10,12H2,2-4H3,(H,21,22)/t14-,19-,20-/m1/s1. The fourth-order valence-corrected chi connectivity index (χ4v) is 4.45. The Kier molecular flexibility index (Phi) is 6.09. The summed E-state index contributed by atoms with van der Waals surface area (Å²) in [5, 5.41) is 5.69. The predicted octanol–water partition coefficient (Wildman–Crippen LogP) is 3.27. The topological polar surface area (TPSA) is 86.8 Å². The number of aromatic nitrogens is 1. The number of rotatable bonds is 9. The molecule has 0 bridgehead atoms. The van der Waals surface area contributed by atoms with E-state index in [1.54, 1.807) is 13.0 Å². The van der Waals surface area contributed by atoms with Crippen LogP contribution >= 0.6 is 11.3 Å². The lowest BCUT2D eigenvalue weighted by atomic mass is 9.78. The second-order valence-corrected chi connectivity index (χ2v) is 8.93. The van der Waals surface area contributed by atoms with E-state index in [1.807, 2.05) is 5.38 Å². The van der Waals surface area contributed by atoms with E-state index in [2.05, 4.69) is 30.7 Å². The number of thiazole rings is 1. The molecule has 0 unspecified atom stereocenters. The highest BCUT2D eigenvalue weighted by Crippen LogP contribution is 2.52. The number of hydrogen-bond donors (Lipinski definition) is 1. The van der Waals surface area contributed by atoms with E-state index in [0.717, 1.165) is 11.6 Å². The van der Waals surface area contributed by atoms with Crippen LogP contribution in [-0.2, 0) is 29.4 Å². The molecule has 3 atom stereocenters. The van der Waals surface area contributed by atoms with Crippen molar-refractivity contribution in [3.05, 3.63) is 23.7 Å². The molecule has 0 saturated carbocycles. The van der Waals surface area contributed by atoms with E-state index in [-0.39, 0.29) is 12.8 Å². The molecule has 2 aliphatic heterocycles. The van der Waals surface area contributed by atoms with Gasteiger partial charge in [0.1, 0.15) is 6.10 Å². The molecule has 1 aromatic rings. The maximum absolute atomic E-state index is 12.7. The van der Waals surface area contributed by atoms with Crippen molar-refractivity contribution in [3.63, 3.8) is 0 Å². The van der Waals surface area contributed by atoms with E-state index in [9.17, 15) is 9.59 Å². The Balaban J connectivity index is 1.66. The number of nitrogens with one attached hydrogen (secondary N) is 1. The third-order valence-electron chi connectivity index (χ3n) is 5.18. The first-order chi connectivity index (χ1) is 13.3. The number of anilines is 1. The summed E-state index contributed by atoms with van der Waals surface area (Å²) in [5.41, 5.74) is -1.58. The molecule has 0 radical (unpaired) electrons. The SMILES string of the molecule is C=CCNc1nc([C@@]2(C)C[C@@]3(C[C@H](COCCC(C)C)OC3=O)C(=O)O2)cs1. The van der Waals surface area contributed by atoms with Crippen molar-refractivity contribution in [2.45, 2.75) is 51.7 Å². The van der Waals surface area contributed by atoms with E-state index in [1.165, 1.54) is 11.3 Å². The normalized spacial score (nSPS) is 29.4. The molecule has 2 saturated heterocycles. The lowest BCUT2D eigenvalue weighted by Gasteiger charge is -2.20. The second-order valence-electron chi connectivity index (χ2n) is 8.08. The lowest BCUT2D eigenvalue weighted by Crippen LogP contribution is -2.32. The summed E-state index contributed by atoms with van der Waals surface area (Å²) in [7, 11) is 0. The van der Waals surface area contributed by atoms with Gasteiger partial charge in [-0.25, -0.2) is 4.98 Å². The van der Waals surface area contributed by atoms with Gasteiger partial charge in [-0.05, 0) is 19.3 Å². The third-order valence-corrected chi connectivity index (χ3v) is 5.98. The third kappa shape index (κ3) is 4.07. The number of carbonyl (C=O) groups is 2. The quantitative estimate of drug-likeness (QED) is 0.290. The Bertz CT molecular complexity index is 749. The molecule has 7 nitrogen and oxygen atoms in total. The van der Waals surface area contributed by atoms with Crippen LogP contribution in [0.25, 0.3) is 0 Å². The highest BCUT2D eigenvalue weighted by atomic mass is 32.1. The summed E-state index contributed by atoms with van der Waals surface area (Å²) in [6.07, 6.45) is 2.77. The maximum atomic E-state index is 12.7. The minimum atomic E-state index is -1.26. The first-order valence-corrected chi connectivity index (χ1v) is 10.5. The molecule has 2 aliphatic rings. The number of hydrogen-bond acceptors (Lipinski definition) is 8. The number of carbonyl (C=O) groups excluding carboxylic acids is 2. The average Bonchev–Trinajstić information content (AvgIpc) is 3.29. The fraction of sp³-hybridized carbons (Fsp3) is 0.650. The van der Waals surface area contributed by atoms with Gasteiger partial charge < -0.3 is 19.5 Å². The molecule has 0 amide bonds. The summed E-state index contributed by atoms with van der Waals surface area (Å²) in [6, 6.07) is 0. The van der Waals surface area contributed by atoms with Gasteiger partial charge in [-0.3, -0.25) is 9.59 Å². The van der Waals surface area contributed by atoms with Crippen LogP contribution in [0.3, 0.4) is 0 Å². The molecule has 1 N–H and O–H groups in total. The Morgan fingerprint density at radius 1 is 1.46 bits per heavy atom. The first-order valence-electron chi connectivity index (χ1n) is 9.62. The molecule has 2 fully saturated rings. The molecule has 3 heterocycles. The van der Waals surface area contributed by atoms with Gasteiger partial charge in [0.25, 0.3) is 0 Å². The van der Waals surface area contributed by atoms with Crippen LogP contribution in [0, 0.1) is 11.3 Å².